The molecular weight excluding hydrogens is 402 g/mol. The van der Waals surface area contributed by atoms with Gasteiger partial charge in [-0.2, -0.15) is 5.21 Å². The van der Waals surface area contributed by atoms with Gasteiger partial charge in [-0.05, 0) is 49.1 Å². The minimum absolute atomic E-state index is 0.0761. The summed E-state index contributed by atoms with van der Waals surface area (Å²) in [6.07, 6.45) is 7.90. The van der Waals surface area contributed by atoms with Crippen molar-refractivity contribution in [2.45, 2.75) is 59.5 Å². The Morgan fingerprint density at radius 2 is 1.81 bits per heavy atom. The highest BCUT2D eigenvalue weighted by atomic mass is 16.1. The van der Waals surface area contributed by atoms with Gasteiger partial charge in [0.25, 0.3) is 0 Å². The first-order valence-electron chi connectivity index (χ1n) is 11.2. The number of tetrazole rings is 1. The van der Waals surface area contributed by atoms with E-state index in [0.717, 1.165) is 46.5 Å². The lowest BCUT2D eigenvalue weighted by atomic mass is 10.0. The van der Waals surface area contributed by atoms with E-state index in [1.807, 2.05) is 28.3 Å². The number of hydrogen-bond donors (Lipinski definition) is 1. The van der Waals surface area contributed by atoms with E-state index in [1.165, 1.54) is 12.8 Å². The molecule has 0 radical (unpaired) electrons. The van der Waals surface area contributed by atoms with Crippen LogP contribution in [0.3, 0.4) is 0 Å². The number of aromatic amines is 1. The Labute approximate surface area is 187 Å². The van der Waals surface area contributed by atoms with Crippen LogP contribution in [0, 0.1) is 6.92 Å². The molecule has 0 bridgehead atoms. The van der Waals surface area contributed by atoms with Crippen molar-refractivity contribution in [2.24, 2.45) is 0 Å². The van der Waals surface area contributed by atoms with Gasteiger partial charge in [-0.25, -0.2) is 4.79 Å². The minimum atomic E-state index is 0.0761. The zero-order valence-corrected chi connectivity index (χ0v) is 18.9. The predicted molar refractivity (Wildman–Crippen MR) is 124 cm³/mol. The van der Waals surface area contributed by atoms with Crippen LogP contribution >= 0.6 is 0 Å². The molecule has 1 N–H and O–H groups in total. The average molecular weight is 432 g/mol. The van der Waals surface area contributed by atoms with Crippen LogP contribution in [0.25, 0.3) is 22.5 Å². The van der Waals surface area contributed by atoms with E-state index in [2.05, 4.69) is 63.7 Å². The molecule has 3 heterocycles. The Kier molecular flexibility index (Phi) is 6.58. The lowest BCUT2D eigenvalue weighted by molar-refractivity contribution is 0.638. The van der Waals surface area contributed by atoms with Crippen molar-refractivity contribution < 1.29 is 0 Å². The van der Waals surface area contributed by atoms with Crippen molar-refractivity contribution in [3.8, 4) is 22.5 Å². The van der Waals surface area contributed by atoms with Crippen LogP contribution < -0.4 is 5.69 Å². The molecule has 1 aromatic carbocycles. The van der Waals surface area contributed by atoms with Gasteiger partial charge in [-0.1, -0.05) is 44.0 Å². The average Bonchev–Trinajstić information content (AvgIpc) is 3.43. The van der Waals surface area contributed by atoms with E-state index in [1.54, 1.807) is 6.20 Å². The van der Waals surface area contributed by atoms with Gasteiger partial charge in [-0.15, -0.1) is 10.2 Å². The number of hydrogen-bond acceptors (Lipinski definition) is 5. The third-order valence-electron chi connectivity index (χ3n) is 5.96. The number of benzene rings is 1. The van der Waals surface area contributed by atoms with Gasteiger partial charge in [0.15, 0.2) is 0 Å². The second-order valence-corrected chi connectivity index (χ2v) is 7.96. The second-order valence-electron chi connectivity index (χ2n) is 7.96. The van der Waals surface area contributed by atoms with Crippen LogP contribution in [0.1, 0.15) is 50.1 Å². The van der Waals surface area contributed by atoms with Crippen LogP contribution in [0.5, 0.6) is 0 Å². The van der Waals surface area contributed by atoms with Gasteiger partial charge in [0.1, 0.15) is 0 Å². The van der Waals surface area contributed by atoms with Gasteiger partial charge < -0.3 is 0 Å². The fraction of sp³-hybridized carbons (Fsp3) is 0.375. The molecule has 0 amide bonds. The number of pyridine rings is 1. The fourth-order valence-corrected chi connectivity index (χ4v) is 4.22. The van der Waals surface area contributed by atoms with Gasteiger partial charge in [-0.3, -0.25) is 14.1 Å². The first-order valence-corrected chi connectivity index (χ1v) is 11.2. The van der Waals surface area contributed by atoms with Gasteiger partial charge in [0, 0.05) is 41.5 Å². The zero-order valence-electron chi connectivity index (χ0n) is 18.9. The number of rotatable bonds is 9. The second kappa shape index (κ2) is 9.72. The first kappa shape index (κ1) is 21.7. The number of nitrogens with zero attached hydrogens (tertiary/aromatic N) is 6. The van der Waals surface area contributed by atoms with Gasteiger partial charge in [0.05, 0.1) is 6.54 Å². The summed E-state index contributed by atoms with van der Waals surface area (Å²) in [7, 11) is 0. The van der Waals surface area contributed by atoms with Crippen LogP contribution in [-0.4, -0.2) is 34.7 Å². The third kappa shape index (κ3) is 4.26. The molecule has 0 aliphatic heterocycles. The Hall–Kier alpha value is -3.55. The molecule has 8 heteroatoms. The summed E-state index contributed by atoms with van der Waals surface area (Å²) >= 11 is 0. The maximum atomic E-state index is 13.0. The minimum Gasteiger partial charge on any atom is -0.297 e. The van der Waals surface area contributed by atoms with E-state index in [4.69, 9.17) is 0 Å². The number of unbranched alkanes of at least 4 members (excludes halogenated alkanes) is 2. The van der Waals surface area contributed by atoms with Gasteiger partial charge >= 0.3 is 5.69 Å². The summed E-state index contributed by atoms with van der Waals surface area (Å²) in [4.78, 5) is 17.3. The van der Waals surface area contributed by atoms with Crippen LogP contribution in [0.4, 0.5) is 0 Å². The summed E-state index contributed by atoms with van der Waals surface area (Å²) < 4.78 is 3.82. The molecule has 3 aromatic heterocycles. The van der Waals surface area contributed by atoms with E-state index in [0.29, 0.717) is 18.9 Å². The number of H-pyrrole nitrogens is 1. The first-order chi connectivity index (χ1) is 15.6. The Bertz CT molecular complexity index is 1220. The van der Waals surface area contributed by atoms with Crippen molar-refractivity contribution in [2.75, 3.05) is 0 Å². The summed E-state index contributed by atoms with van der Waals surface area (Å²) in [6.45, 7) is 7.55. The van der Waals surface area contributed by atoms with Crippen molar-refractivity contribution in [3.05, 3.63) is 70.2 Å². The van der Waals surface area contributed by atoms with E-state index in [-0.39, 0.29) is 5.69 Å². The summed E-state index contributed by atoms with van der Waals surface area (Å²) in [5.74, 6) is 0.533. The predicted octanol–water partition coefficient (Wildman–Crippen LogP) is 4.00. The molecule has 0 aliphatic rings. The zero-order chi connectivity index (χ0) is 22.5. The molecule has 0 atom stereocenters. The normalized spacial score (nSPS) is 11.2. The maximum absolute atomic E-state index is 13.0. The highest BCUT2D eigenvalue weighted by molar-refractivity contribution is 5.79. The van der Waals surface area contributed by atoms with Crippen molar-refractivity contribution in [1.29, 1.82) is 0 Å². The standard InChI is InChI=1S/C24H29N7O/c1-4-6-7-8-22-17(3)30(5-2)24(32)31(22)16-18-9-11-19(12-10-18)21-15-25-14-13-20(21)23-26-28-29-27-23/h9-15H,4-8,16H2,1-3H3,(H,26,27,28,29). The summed E-state index contributed by atoms with van der Waals surface area (Å²) in [5, 5.41) is 14.4. The molecule has 0 spiro atoms. The molecule has 0 unspecified atom stereocenters. The molecule has 0 saturated carbocycles. The van der Waals surface area contributed by atoms with Crippen molar-refractivity contribution >= 4 is 0 Å². The molecule has 166 valence electrons. The monoisotopic (exact) mass is 431 g/mol. The topological polar surface area (TPSA) is 94.3 Å². The molecule has 4 rings (SSSR count). The maximum Gasteiger partial charge on any atom is 0.328 e. The van der Waals surface area contributed by atoms with E-state index in [9.17, 15) is 4.79 Å². The molecule has 0 fully saturated rings. The van der Waals surface area contributed by atoms with Crippen molar-refractivity contribution in [1.82, 2.24) is 34.7 Å². The largest absolute Gasteiger partial charge is 0.328 e. The molecule has 32 heavy (non-hydrogen) atoms. The Morgan fingerprint density at radius 1 is 1.00 bits per heavy atom. The number of imidazole rings is 1. The number of nitrogens with one attached hydrogen (secondary N) is 1. The highest BCUT2D eigenvalue weighted by Crippen LogP contribution is 2.29. The van der Waals surface area contributed by atoms with Gasteiger partial charge in [0.2, 0.25) is 5.82 Å². The summed E-state index contributed by atoms with van der Waals surface area (Å²) in [6, 6.07) is 10.1. The lowest BCUT2D eigenvalue weighted by Gasteiger charge is -2.10. The lowest BCUT2D eigenvalue weighted by Crippen LogP contribution is -2.25. The SMILES string of the molecule is CCCCCc1c(C)n(CC)c(=O)n1Cc1ccc(-c2cnccc2-c2nn[nH]n2)cc1. The van der Waals surface area contributed by atoms with Crippen molar-refractivity contribution in [3.63, 3.8) is 0 Å². The third-order valence-corrected chi connectivity index (χ3v) is 5.96. The fourth-order valence-electron chi connectivity index (χ4n) is 4.22. The van der Waals surface area contributed by atoms with E-state index < -0.39 is 0 Å². The molecule has 0 saturated heterocycles. The number of aromatic nitrogens is 7. The molecule has 0 aliphatic carbocycles. The highest BCUT2D eigenvalue weighted by Gasteiger charge is 2.16. The van der Waals surface area contributed by atoms with E-state index >= 15 is 0 Å². The Morgan fingerprint density at radius 3 is 2.50 bits per heavy atom. The molecule has 8 nitrogen and oxygen atoms in total. The smallest absolute Gasteiger partial charge is 0.297 e. The quantitative estimate of drug-likeness (QED) is 0.404. The van der Waals surface area contributed by atoms with Crippen LogP contribution in [0.2, 0.25) is 0 Å². The molecule has 4 aromatic rings. The Balaban J connectivity index is 1.63. The van der Waals surface area contributed by atoms with Crippen LogP contribution in [-0.2, 0) is 19.5 Å². The van der Waals surface area contributed by atoms with Crippen LogP contribution in [0.15, 0.2) is 47.5 Å². The molecular formula is C24H29N7O. The summed E-state index contributed by atoms with van der Waals surface area (Å²) in [5.41, 5.74) is 6.22.